The maximum atomic E-state index is 5.93. The van der Waals surface area contributed by atoms with Gasteiger partial charge in [0, 0.05) is 48.6 Å². The fraction of sp³-hybridized carbons (Fsp3) is 0.312. The molecule has 1 fully saturated rings. The number of aromatic nitrogens is 2. The van der Waals surface area contributed by atoms with Crippen LogP contribution in [0.15, 0.2) is 79.0 Å². The highest BCUT2D eigenvalue weighted by atomic mass is 32.1. The normalized spacial score (nSPS) is 16.8. The number of nitrogens with zero attached hydrogens (tertiary/aromatic N) is 4. The summed E-state index contributed by atoms with van der Waals surface area (Å²) in [6.45, 7) is 11.5. The Kier molecular flexibility index (Phi) is 7.89. The summed E-state index contributed by atoms with van der Waals surface area (Å²) in [6.07, 6.45) is 1.85. The second-order valence-electron chi connectivity index (χ2n) is 9.95. The summed E-state index contributed by atoms with van der Waals surface area (Å²) in [4.78, 5) is 9.38. The summed E-state index contributed by atoms with van der Waals surface area (Å²) in [5, 5.41) is 4.33. The van der Waals surface area contributed by atoms with Gasteiger partial charge in [0.2, 0.25) is 0 Å². The number of aryl methyl sites for hydroxylation is 1. The van der Waals surface area contributed by atoms with Crippen LogP contribution in [0.3, 0.4) is 0 Å². The number of thiocarbonyl (C=S) groups is 1. The maximum Gasteiger partial charge on any atom is 0.170 e. The number of rotatable bonds is 9. The highest BCUT2D eigenvalue weighted by Gasteiger charge is 2.41. The molecule has 1 saturated heterocycles. The Morgan fingerprint density at radius 2 is 1.69 bits per heavy atom. The van der Waals surface area contributed by atoms with E-state index >= 15 is 0 Å². The fourth-order valence-electron chi connectivity index (χ4n) is 5.73. The minimum atomic E-state index is -0.0593. The van der Waals surface area contributed by atoms with E-state index in [1.54, 1.807) is 7.11 Å². The zero-order valence-corrected chi connectivity index (χ0v) is 24.2. The molecule has 0 amide bonds. The first kappa shape index (κ1) is 26.8. The van der Waals surface area contributed by atoms with Gasteiger partial charge < -0.3 is 24.4 Å². The van der Waals surface area contributed by atoms with Gasteiger partial charge in [-0.1, -0.05) is 18.2 Å². The van der Waals surface area contributed by atoms with Crippen LogP contribution in [0.2, 0.25) is 0 Å². The van der Waals surface area contributed by atoms with Crippen LogP contribution in [0.25, 0.3) is 5.69 Å². The van der Waals surface area contributed by atoms with E-state index in [1.165, 1.54) is 28.2 Å². The van der Waals surface area contributed by atoms with Crippen molar-refractivity contribution < 1.29 is 4.74 Å². The van der Waals surface area contributed by atoms with Crippen LogP contribution in [0.1, 0.15) is 54.1 Å². The molecule has 1 N–H and O–H groups in total. The van der Waals surface area contributed by atoms with E-state index in [0.29, 0.717) is 6.54 Å². The topological polar surface area (TPSA) is 45.6 Å². The van der Waals surface area contributed by atoms with Crippen molar-refractivity contribution in [1.82, 2.24) is 19.8 Å². The lowest BCUT2D eigenvalue weighted by Gasteiger charge is -2.28. The van der Waals surface area contributed by atoms with Gasteiger partial charge in [-0.2, -0.15) is 0 Å². The summed E-state index contributed by atoms with van der Waals surface area (Å²) < 4.78 is 7.72. The monoisotopic (exact) mass is 539 g/mol. The molecule has 202 valence electrons. The molecule has 5 rings (SSSR count). The highest BCUT2D eigenvalue weighted by Crippen LogP contribution is 2.42. The Bertz CT molecular complexity index is 1410. The number of nitrogens with one attached hydrogen (secondary N) is 1. The molecule has 0 unspecified atom stereocenters. The second-order valence-corrected chi connectivity index (χ2v) is 10.3. The molecule has 0 aliphatic carbocycles. The molecule has 0 spiro atoms. The van der Waals surface area contributed by atoms with Gasteiger partial charge in [-0.3, -0.25) is 4.98 Å². The molecule has 2 atom stereocenters. The number of ether oxygens (including phenoxy) is 1. The van der Waals surface area contributed by atoms with Crippen LogP contribution in [0, 0.1) is 13.8 Å². The van der Waals surface area contributed by atoms with Gasteiger partial charge in [-0.15, -0.1) is 0 Å². The van der Waals surface area contributed by atoms with Crippen molar-refractivity contribution in [3.8, 4) is 11.4 Å². The molecular weight excluding hydrogens is 502 g/mol. The van der Waals surface area contributed by atoms with E-state index in [-0.39, 0.29) is 12.1 Å². The van der Waals surface area contributed by atoms with Crippen LogP contribution in [0.5, 0.6) is 5.75 Å². The van der Waals surface area contributed by atoms with E-state index < -0.39 is 0 Å². The zero-order valence-electron chi connectivity index (χ0n) is 23.4. The van der Waals surface area contributed by atoms with E-state index in [0.717, 1.165) is 35.3 Å². The van der Waals surface area contributed by atoms with Gasteiger partial charge in [0.15, 0.2) is 5.11 Å². The molecule has 1 aliphatic rings. The molecule has 3 heterocycles. The Morgan fingerprint density at radius 1 is 0.974 bits per heavy atom. The summed E-state index contributed by atoms with van der Waals surface area (Å²) in [5.74, 6) is 0.847. The average molecular weight is 540 g/mol. The van der Waals surface area contributed by atoms with E-state index in [1.807, 2.05) is 30.5 Å². The van der Waals surface area contributed by atoms with Gasteiger partial charge in [0.1, 0.15) is 5.75 Å². The second kappa shape index (κ2) is 11.5. The van der Waals surface area contributed by atoms with Gasteiger partial charge in [-0.05, 0) is 106 Å². The predicted octanol–water partition coefficient (Wildman–Crippen LogP) is 6.52. The van der Waals surface area contributed by atoms with Crippen LogP contribution in [0.4, 0.5) is 5.69 Å². The van der Waals surface area contributed by atoms with Crippen molar-refractivity contribution in [3.05, 3.63) is 107 Å². The highest BCUT2D eigenvalue weighted by molar-refractivity contribution is 7.80. The first-order chi connectivity index (χ1) is 18.9. The molecule has 2 aromatic heterocycles. The first-order valence-corrected chi connectivity index (χ1v) is 14.0. The van der Waals surface area contributed by atoms with Crippen LogP contribution >= 0.6 is 12.2 Å². The largest absolute Gasteiger partial charge is 0.497 e. The molecule has 4 aromatic rings. The molecule has 1 aliphatic heterocycles. The molecule has 0 bridgehead atoms. The lowest BCUT2D eigenvalue weighted by molar-refractivity contribution is 0.310. The van der Waals surface area contributed by atoms with Crippen molar-refractivity contribution in [2.45, 2.75) is 46.3 Å². The quantitative estimate of drug-likeness (QED) is 0.245. The minimum Gasteiger partial charge on any atom is -0.497 e. The summed E-state index contributed by atoms with van der Waals surface area (Å²) in [5.41, 5.74) is 8.22. The number of hydrogen-bond acceptors (Lipinski definition) is 4. The molecule has 7 heteroatoms. The van der Waals surface area contributed by atoms with Crippen molar-refractivity contribution in [2.24, 2.45) is 0 Å². The number of pyridine rings is 1. The molecule has 2 aromatic carbocycles. The zero-order chi connectivity index (χ0) is 27.5. The maximum absolute atomic E-state index is 5.93. The molecular formula is C32H37N5OS. The Labute approximate surface area is 237 Å². The first-order valence-electron chi connectivity index (χ1n) is 13.6. The van der Waals surface area contributed by atoms with Crippen LogP contribution < -0.4 is 15.0 Å². The Balaban J connectivity index is 1.55. The van der Waals surface area contributed by atoms with Gasteiger partial charge in [0.25, 0.3) is 0 Å². The van der Waals surface area contributed by atoms with Crippen molar-refractivity contribution in [1.29, 1.82) is 0 Å². The van der Waals surface area contributed by atoms with Crippen LogP contribution in [-0.2, 0) is 6.54 Å². The SMILES string of the molecule is CCN(CC)c1ccc(-n2c(C)cc([C@H]3[C@H](c4ccccn4)NC(=S)N3Cc3ccc(OC)cc3)c2C)cc1. The number of methoxy groups -OCH3 is 1. The van der Waals surface area contributed by atoms with E-state index in [9.17, 15) is 0 Å². The lowest BCUT2D eigenvalue weighted by atomic mass is 9.96. The summed E-state index contributed by atoms with van der Waals surface area (Å²) >= 11 is 5.93. The predicted molar refractivity (Wildman–Crippen MR) is 163 cm³/mol. The molecule has 39 heavy (non-hydrogen) atoms. The molecule has 0 saturated carbocycles. The van der Waals surface area contributed by atoms with Crippen molar-refractivity contribution in [3.63, 3.8) is 0 Å². The minimum absolute atomic E-state index is 0.00982. The molecule has 6 nitrogen and oxygen atoms in total. The van der Waals surface area contributed by atoms with Gasteiger partial charge in [-0.25, -0.2) is 0 Å². The van der Waals surface area contributed by atoms with Crippen molar-refractivity contribution in [2.75, 3.05) is 25.1 Å². The third kappa shape index (κ3) is 5.23. The third-order valence-electron chi connectivity index (χ3n) is 7.74. The van der Waals surface area contributed by atoms with Gasteiger partial charge >= 0.3 is 0 Å². The standard InChI is InChI=1S/C32H37N5OS/c1-6-35(7-2)25-13-15-26(16-14-25)37-22(3)20-28(23(37)4)31-30(29-10-8-9-19-33-29)34-32(39)36(31)21-24-11-17-27(38-5)18-12-24/h8-20,30-31H,6-7,21H2,1-5H3,(H,34,39)/t30-,31-/m0/s1. The number of hydrogen-bond donors (Lipinski definition) is 1. The lowest BCUT2D eigenvalue weighted by Crippen LogP contribution is -2.29. The summed E-state index contributed by atoms with van der Waals surface area (Å²) in [6, 6.07) is 25.4. The van der Waals surface area contributed by atoms with Crippen LogP contribution in [-0.4, -0.2) is 39.8 Å². The van der Waals surface area contributed by atoms with E-state index in [4.69, 9.17) is 21.9 Å². The smallest absolute Gasteiger partial charge is 0.170 e. The van der Waals surface area contributed by atoms with E-state index in [2.05, 4.69) is 95.9 Å². The Morgan fingerprint density at radius 3 is 2.31 bits per heavy atom. The summed E-state index contributed by atoms with van der Waals surface area (Å²) in [7, 11) is 1.69. The van der Waals surface area contributed by atoms with Crippen molar-refractivity contribution >= 4 is 23.0 Å². The Hall–Kier alpha value is -3.84. The average Bonchev–Trinajstić information content (AvgIpc) is 3.44. The van der Waals surface area contributed by atoms with Gasteiger partial charge in [0.05, 0.1) is 24.9 Å². The number of benzene rings is 2. The molecule has 0 radical (unpaired) electrons. The fourth-order valence-corrected chi connectivity index (χ4v) is 6.03. The third-order valence-corrected chi connectivity index (χ3v) is 8.09. The number of anilines is 1.